The topological polar surface area (TPSA) is 84.9 Å². The number of halogens is 1. The highest BCUT2D eigenvalue weighted by Gasteiger charge is 2.31. The summed E-state index contributed by atoms with van der Waals surface area (Å²) >= 11 is 6.04. The summed E-state index contributed by atoms with van der Waals surface area (Å²) in [5.74, 6) is -0.210. The molecule has 0 fully saturated rings. The third-order valence-corrected chi connectivity index (χ3v) is 5.43. The monoisotopic (exact) mass is 426 g/mol. The lowest BCUT2D eigenvalue weighted by molar-refractivity contribution is -0.116. The number of benzene rings is 2. The lowest BCUT2D eigenvalue weighted by Gasteiger charge is -2.29. The lowest BCUT2D eigenvalue weighted by Crippen LogP contribution is -2.45. The van der Waals surface area contributed by atoms with Crippen molar-refractivity contribution < 1.29 is 22.7 Å². The van der Waals surface area contributed by atoms with Gasteiger partial charge in [-0.3, -0.25) is 9.10 Å². The van der Waals surface area contributed by atoms with Gasteiger partial charge in [-0.15, -0.1) is 0 Å². The molecule has 2 aromatic carbocycles. The SMILES string of the molecule is COCc1cccc(NC(=O)[C@@H](C)N(c2cc(Cl)ccc2OC)S(C)(=O)=O)c1. The van der Waals surface area contributed by atoms with Crippen LogP contribution in [0.1, 0.15) is 12.5 Å². The van der Waals surface area contributed by atoms with E-state index in [2.05, 4.69) is 5.32 Å². The van der Waals surface area contributed by atoms with Crippen LogP contribution in [-0.4, -0.2) is 40.8 Å². The van der Waals surface area contributed by atoms with Gasteiger partial charge >= 0.3 is 0 Å². The quantitative estimate of drug-likeness (QED) is 0.700. The number of carbonyl (C=O) groups is 1. The van der Waals surface area contributed by atoms with Crippen molar-refractivity contribution in [1.29, 1.82) is 0 Å². The summed E-state index contributed by atoms with van der Waals surface area (Å²) in [6, 6.07) is 10.7. The van der Waals surface area contributed by atoms with Crippen molar-refractivity contribution in [2.45, 2.75) is 19.6 Å². The van der Waals surface area contributed by atoms with E-state index in [4.69, 9.17) is 21.1 Å². The number of anilines is 2. The van der Waals surface area contributed by atoms with Gasteiger partial charge in [0.1, 0.15) is 11.8 Å². The highest BCUT2D eigenvalue weighted by molar-refractivity contribution is 7.92. The molecule has 7 nitrogen and oxygen atoms in total. The average molecular weight is 427 g/mol. The second-order valence-corrected chi connectivity index (χ2v) is 8.47. The molecule has 1 N–H and O–H groups in total. The van der Waals surface area contributed by atoms with Gasteiger partial charge in [0, 0.05) is 17.8 Å². The maximum Gasteiger partial charge on any atom is 0.247 e. The van der Waals surface area contributed by atoms with E-state index in [-0.39, 0.29) is 11.4 Å². The first-order valence-electron chi connectivity index (χ1n) is 8.39. The van der Waals surface area contributed by atoms with Crippen molar-refractivity contribution in [2.75, 3.05) is 30.1 Å². The van der Waals surface area contributed by atoms with E-state index < -0.39 is 22.0 Å². The largest absolute Gasteiger partial charge is 0.495 e. The molecule has 0 aliphatic heterocycles. The Morgan fingerprint density at radius 3 is 2.54 bits per heavy atom. The van der Waals surface area contributed by atoms with Crippen LogP contribution in [0.4, 0.5) is 11.4 Å². The second-order valence-electron chi connectivity index (χ2n) is 6.17. The molecule has 0 saturated heterocycles. The number of carbonyl (C=O) groups excluding carboxylic acids is 1. The van der Waals surface area contributed by atoms with Gasteiger partial charge in [-0.2, -0.15) is 0 Å². The van der Waals surface area contributed by atoms with E-state index in [9.17, 15) is 13.2 Å². The van der Waals surface area contributed by atoms with Crippen LogP contribution >= 0.6 is 11.6 Å². The highest BCUT2D eigenvalue weighted by Crippen LogP contribution is 2.34. The molecule has 0 spiro atoms. The number of rotatable bonds is 8. The van der Waals surface area contributed by atoms with E-state index in [1.807, 2.05) is 6.07 Å². The lowest BCUT2D eigenvalue weighted by atomic mass is 10.2. The zero-order valence-corrected chi connectivity index (χ0v) is 17.7. The van der Waals surface area contributed by atoms with Gasteiger partial charge in [-0.25, -0.2) is 8.42 Å². The van der Waals surface area contributed by atoms with Crippen LogP contribution in [0.15, 0.2) is 42.5 Å². The van der Waals surface area contributed by atoms with Crippen LogP contribution in [0.3, 0.4) is 0 Å². The number of amides is 1. The number of hydrogen-bond acceptors (Lipinski definition) is 5. The number of hydrogen-bond donors (Lipinski definition) is 1. The van der Waals surface area contributed by atoms with Crippen molar-refractivity contribution >= 4 is 38.9 Å². The Bertz CT molecular complexity index is 949. The fourth-order valence-corrected chi connectivity index (χ4v) is 4.11. The summed E-state index contributed by atoms with van der Waals surface area (Å²) in [6.07, 6.45) is 1.02. The number of nitrogens with zero attached hydrogens (tertiary/aromatic N) is 1. The maximum atomic E-state index is 12.8. The van der Waals surface area contributed by atoms with Crippen LogP contribution in [-0.2, 0) is 26.2 Å². The molecule has 28 heavy (non-hydrogen) atoms. The van der Waals surface area contributed by atoms with Gasteiger partial charge < -0.3 is 14.8 Å². The number of nitrogens with one attached hydrogen (secondary N) is 1. The number of ether oxygens (including phenoxy) is 2. The Hall–Kier alpha value is -2.29. The standard InChI is InChI=1S/C19H23ClN2O5S/c1-13(19(23)21-16-7-5-6-14(10-16)12-26-2)22(28(4,24)25)17-11-15(20)8-9-18(17)27-3/h5-11,13H,12H2,1-4H3,(H,21,23)/t13-/m1/s1. The Balaban J connectivity index is 2.36. The molecular formula is C19H23ClN2O5S. The first-order valence-corrected chi connectivity index (χ1v) is 10.6. The second kappa shape index (κ2) is 9.27. The van der Waals surface area contributed by atoms with Gasteiger partial charge in [0.05, 0.1) is 25.7 Å². The molecule has 2 rings (SSSR count). The van der Waals surface area contributed by atoms with E-state index in [1.165, 1.54) is 20.1 Å². The summed E-state index contributed by atoms with van der Waals surface area (Å²) < 4.78 is 36.3. The zero-order chi connectivity index (χ0) is 20.9. The smallest absolute Gasteiger partial charge is 0.247 e. The van der Waals surface area contributed by atoms with Crippen molar-refractivity contribution in [3.05, 3.63) is 53.1 Å². The number of sulfonamides is 1. The molecule has 9 heteroatoms. The van der Waals surface area contributed by atoms with E-state index in [0.717, 1.165) is 16.1 Å². The van der Waals surface area contributed by atoms with Gasteiger partial charge in [-0.05, 0) is 42.8 Å². The molecule has 0 radical (unpaired) electrons. The third-order valence-electron chi connectivity index (χ3n) is 3.97. The van der Waals surface area contributed by atoms with Crippen molar-refractivity contribution in [3.8, 4) is 5.75 Å². The van der Waals surface area contributed by atoms with E-state index >= 15 is 0 Å². The fourth-order valence-electron chi connectivity index (χ4n) is 2.77. The minimum absolute atomic E-state index is 0.188. The molecule has 1 atom stereocenters. The molecule has 0 heterocycles. The molecular weight excluding hydrogens is 404 g/mol. The van der Waals surface area contributed by atoms with Gasteiger partial charge in [0.25, 0.3) is 0 Å². The van der Waals surface area contributed by atoms with Crippen molar-refractivity contribution in [1.82, 2.24) is 0 Å². The van der Waals surface area contributed by atoms with Gasteiger partial charge in [0.15, 0.2) is 0 Å². The molecule has 0 aliphatic carbocycles. The molecule has 0 saturated carbocycles. The molecule has 0 unspecified atom stereocenters. The predicted octanol–water partition coefficient (Wildman–Crippen LogP) is 3.29. The summed E-state index contributed by atoms with van der Waals surface area (Å²) in [4.78, 5) is 12.8. The predicted molar refractivity (Wildman–Crippen MR) is 111 cm³/mol. The van der Waals surface area contributed by atoms with Crippen LogP contribution in [0, 0.1) is 0 Å². The van der Waals surface area contributed by atoms with Gasteiger partial charge in [0.2, 0.25) is 15.9 Å². The molecule has 152 valence electrons. The summed E-state index contributed by atoms with van der Waals surface area (Å²) in [7, 11) is -0.812. The van der Waals surface area contributed by atoms with Crippen molar-refractivity contribution in [3.63, 3.8) is 0 Å². The molecule has 2 aromatic rings. The first-order chi connectivity index (χ1) is 13.2. The van der Waals surface area contributed by atoms with E-state index in [0.29, 0.717) is 17.3 Å². The molecule has 0 aliphatic rings. The summed E-state index contributed by atoms with van der Waals surface area (Å²) in [5.41, 5.74) is 1.61. The van der Waals surface area contributed by atoms with Crippen LogP contribution in [0.25, 0.3) is 0 Å². The maximum absolute atomic E-state index is 12.8. The fraction of sp³-hybridized carbons (Fsp3) is 0.316. The highest BCUT2D eigenvalue weighted by atomic mass is 35.5. The Kier molecular flexibility index (Phi) is 7.29. The van der Waals surface area contributed by atoms with Crippen LogP contribution in [0.5, 0.6) is 5.75 Å². The Labute approximate surface area is 170 Å². The van der Waals surface area contributed by atoms with Crippen LogP contribution < -0.4 is 14.4 Å². The Morgan fingerprint density at radius 2 is 1.93 bits per heavy atom. The molecule has 1 amide bonds. The first kappa shape index (κ1) is 22.0. The molecule has 0 bridgehead atoms. The van der Waals surface area contributed by atoms with Crippen molar-refractivity contribution in [2.24, 2.45) is 0 Å². The Morgan fingerprint density at radius 1 is 1.21 bits per heavy atom. The minimum Gasteiger partial charge on any atom is -0.495 e. The van der Waals surface area contributed by atoms with E-state index in [1.54, 1.807) is 37.4 Å². The minimum atomic E-state index is -3.81. The summed E-state index contributed by atoms with van der Waals surface area (Å²) in [6.45, 7) is 1.89. The summed E-state index contributed by atoms with van der Waals surface area (Å²) in [5, 5.41) is 3.06. The number of methoxy groups -OCH3 is 2. The van der Waals surface area contributed by atoms with Gasteiger partial charge in [-0.1, -0.05) is 23.7 Å². The zero-order valence-electron chi connectivity index (χ0n) is 16.1. The third kappa shape index (κ3) is 5.37. The molecule has 0 aromatic heterocycles. The van der Waals surface area contributed by atoms with Crippen LogP contribution in [0.2, 0.25) is 5.02 Å². The normalized spacial score (nSPS) is 12.3. The average Bonchev–Trinajstić information content (AvgIpc) is 2.61.